The molecule has 100 valence electrons. The average molecular weight is 268 g/mol. The number of aliphatic imine (C=N–C) groups is 1. The first-order valence-electron chi connectivity index (χ1n) is 5.24. The van der Waals surface area contributed by atoms with Crippen molar-refractivity contribution >= 4 is 18.2 Å². The SMILES string of the molecule is NC(=O)C1N=CNC1(C(N)=O)c1c(F)cccc1F. The fourth-order valence-electron chi connectivity index (χ4n) is 2.10. The van der Waals surface area contributed by atoms with Gasteiger partial charge in [-0.1, -0.05) is 6.07 Å². The minimum atomic E-state index is -2.15. The molecule has 0 radical (unpaired) electrons. The molecule has 0 saturated carbocycles. The van der Waals surface area contributed by atoms with Crippen LogP contribution in [0.4, 0.5) is 8.78 Å². The van der Waals surface area contributed by atoms with Crippen LogP contribution in [0.1, 0.15) is 5.56 Å². The maximum atomic E-state index is 13.8. The number of rotatable bonds is 3. The van der Waals surface area contributed by atoms with E-state index in [1.807, 2.05) is 0 Å². The van der Waals surface area contributed by atoms with E-state index in [1.54, 1.807) is 0 Å². The van der Waals surface area contributed by atoms with Crippen LogP contribution in [0.3, 0.4) is 0 Å². The van der Waals surface area contributed by atoms with Crippen LogP contribution in [-0.2, 0) is 15.1 Å². The number of nitrogens with two attached hydrogens (primary N) is 2. The molecule has 0 aromatic heterocycles. The Morgan fingerprint density at radius 3 is 2.32 bits per heavy atom. The minimum Gasteiger partial charge on any atom is -0.368 e. The molecule has 2 rings (SSSR count). The van der Waals surface area contributed by atoms with Gasteiger partial charge in [0.2, 0.25) is 5.91 Å². The third kappa shape index (κ3) is 1.72. The monoisotopic (exact) mass is 268 g/mol. The first kappa shape index (κ1) is 12.9. The van der Waals surface area contributed by atoms with E-state index >= 15 is 0 Å². The summed E-state index contributed by atoms with van der Waals surface area (Å²) in [7, 11) is 0. The van der Waals surface area contributed by atoms with Crippen LogP contribution >= 0.6 is 0 Å². The van der Waals surface area contributed by atoms with Gasteiger partial charge in [0.1, 0.15) is 11.6 Å². The lowest BCUT2D eigenvalue weighted by Crippen LogP contribution is -2.60. The highest BCUT2D eigenvalue weighted by atomic mass is 19.1. The van der Waals surface area contributed by atoms with Crippen LogP contribution in [0, 0.1) is 11.6 Å². The number of primary amides is 2. The predicted octanol–water partition coefficient (Wildman–Crippen LogP) is -0.869. The summed E-state index contributed by atoms with van der Waals surface area (Å²) >= 11 is 0. The second kappa shape index (κ2) is 4.30. The van der Waals surface area contributed by atoms with Crippen molar-refractivity contribution in [1.29, 1.82) is 0 Å². The highest BCUT2D eigenvalue weighted by molar-refractivity contribution is 5.99. The normalized spacial score (nSPS) is 25.1. The number of nitrogens with one attached hydrogen (secondary N) is 1. The molecule has 5 N–H and O–H groups in total. The standard InChI is InChI=1S/C11H10F2N4O2/c12-5-2-1-3-6(13)7(5)11(10(15)19)8(9(14)18)16-4-17-11/h1-4,8H,(H2,14,18)(H2,15,19)(H,16,17). The maximum Gasteiger partial charge on any atom is 0.250 e. The fourth-order valence-corrected chi connectivity index (χ4v) is 2.10. The van der Waals surface area contributed by atoms with Crippen molar-refractivity contribution in [2.45, 2.75) is 11.6 Å². The highest BCUT2D eigenvalue weighted by Crippen LogP contribution is 2.33. The third-order valence-corrected chi connectivity index (χ3v) is 2.94. The molecule has 1 heterocycles. The molecule has 19 heavy (non-hydrogen) atoms. The number of carbonyl (C=O) groups excluding carboxylic acids is 2. The molecular weight excluding hydrogens is 258 g/mol. The summed E-state index contributed by atoms with van der Waals surface area (Å²) in [5, 5.41) is 2.35. The second-order valence-electron chi connectivity index (χ2n) is 4.00. The van der Waals surface area contributed by atoms with Crippen molar-refractivity contribution in [2.75, 3.05) is 0 Å². The van der Waals surface area contributed by atoms with Gasteiger partial charge in [0.25, 0.3) is 5.91 Å². The summed E-state index contributed by atoms with van der Waals surface area (Å²) in [6, 6.07) is 1.50. The van der Waals surface area contributed by atoms with Crippen LogP contribution in [-0.4, -0.2) is 24.2 Å². The first-order valence-corrected chi connectivity index (χ1v) is 5.24. The van der Waals surface area contributed by atoms with Gasteiger partial charge in [0.15, 0.2) is 11.6 Å². The van der Waals surface area contributed by atoms with E-state index < -0.39 is 40.6 Å². The molecule has 2 atom stereocenters. The van der Waals surface area contributed by atoms with Gasteiger partial charge in [-0.2, -0.15) is 0 Å². The van der Waals surface area contributed by atoms with Crippen molar-refractivity contribution in [1.82, 2.24) is 5.32 Å². The number of hydrogen-bond acceptors (Lipinski definition) is 4. The van der Waals surface area contributed by atoms with Crippen molar-refractivity contribution < 1.29 is 18.4 Å². The molecule has 1 aromatic rings. The van der Waals surface area contributed by atoms with E-state index in [4.69, 9.17) is 11.5 Å². The van der Waals surface area contributed by atoms with Gasteiger partial charge >= 0.3 is 0 Å². The zero-order valence-corrected chi connectivity index (χ0v) is 9.56. The van der Waals surface area contributed by atoms with Gasteiger partial charge in [0, 0.05) is 0 Å². The van der Waals surface area contributed by atoms with Crippen molar-refractivity contribution in [3.8, 4) is 0 Å². The zero-order chi connectivity index (χ0) is 14.2. The summed E-state index contributed by atoms with van der Waals surface area (Å²) in [5.74, 6) is -4.23. The van der Waals surface area contributed by atoms with Gasteiger partial charge < -0.3 is 16.8 Å². The molecule has 1 aromatic carbocycles. The van der Waals surface area contributed by atoms with Gasteiger partial charge in [-0.3, -0.25) is 14.6 Å². The van der Waals surface area contributed by atoms with Gasteiger partial charge in [-0.05, 0) is 12.1 Å². The summed E-state index contributed by atoms with van der Waals surface area (Å²) in [4.78, 5) is 26.6. The minimum absolute atomic E-state index is 0.677. The van der Waals surface area contributed by atoms with E-state index in [1.165, 1.54) is 0 Å². The van der Waals surface area contributed by atoms with Crippen molar-refractivity contribution in [2.24, 2.45) is 16.5 Å². The number of benzene rings is 1. The predicted molar refractivity (Wildman–Crippen MR) is 61.8 cm³/mol. The van der Waals surface area contributed by atoms with Crippen LogP contribution < -0.4 is 16.8 Å². The molecule has 6 nitrogen and oxygen atoms in total. The molecule has 2 unspecified atom stereocenters. The van der Waals surface area contributed by atoms with Gasteiger partial charge in [-0.25, -0.2) is 8.78 Å². The smallest absolute Gasteiger partial charge is 0.250 e. The molecule has 0 aliphatic carbocycles. The number of amides is 2. The first-order chi connectivity index (χ1) is 8.91. The Kier molecular flexibility index (Phi) is 2.93. The van der Waals surface area contributed by atoms with Gasteiger partial charge in [-0.15, -0.1) is 0 Å². The largest absolute Gasteiger partial charge is 0.368 e. The molecule has 1 aliphatic heterocycles. The lowest BCUT2D eigenvalue weighted by Gasteiger charge is -2.30. The van der Waals surface area contributed by atoms with Crippen LogP contribution in [0.2, 0.25) is 0 Å². The van der Waals surface area contributed by atoms with Crippen molar-refractivity contribution in [3.63, 3.8) is 0 Å². The zero-order valence-electron chi connectivity index (χ0n) is 9.56. The Hall–Kier alpha value is -2.51. The molecule has 1 aliphatic rings. The lowest BCUT2D eigenvalue weighted by molar-refractivity contribution is -0.130. The molecule has 0 saturated heterocycles. The van der Waals surface area contributed by atoms with Crippen LogP contribution in [0.5, 0.6) is 0 Å². The molecule has 0 bridgehead atoms. The number of carbonyl (C=O) groups is 2. The summed E-state index contributed by atoms with van der Waals surface area (Å²) in [6.45, 7) is 0. The lowest BCUT2D eigenvalue weighted by atomic mass is 9.82. The topological polar surface area (TPSA) is 111 Å². The Balaban J connectivity index is 2.72. The number of hydrogen-bond donors (Lipinski definition) is 3. The Morgan fingerprint density at radius 2 is 1.84 bits per heavy atom. The summed E-state index contributed by atoms with van der Waals surface area (Å²) < 4.78 is 27.7. The maximum absolute atomic E-state index is 13.8. The fraction of sp³-hybridized carbons (Fsp3) is 0.182. The van der Waals surface area contributed by atoms with E-state index in [2.05, 4.69) is 10.3 Å². The average Bonchev–Trinajstić information content (AvgIpc) is 2.74. The van der Waals surface area contributed by atoms with Crippen LogP contribution in [0.25, 0.3) is 0 Å². The Labute approximate surface area is 106 Å². The van der Waals surface area contributed by atoms with Gasteiger partial charge in [0.05, 0.1) is 11.9 Å². The van der Waals surface area contributed by atoms with E-state index in [0.29, 0.717) is 0 Å². The quantitative estimate of drug-likeness (QED) is 0.662. The van der Waals surface area contributed by atoms with E-state index in [0.717, 1.165) is 24.5 Å². The number of halogens is 2. The molecule has 0 spiro atoms. The summed E-state index contributed by atoms with van der Waals surface area (Å²) in [6.07, 6.45) is 0.978. The Morgan fingerprint density at radius 1 is 1.26 bits per heavy atom. The van der Waals surface area contributed by atoms with Crippen LogP contribution in [0.15, 0.2) is 23.2 Å². The molecular formula is C11H10F2N4O2. The highest BCUT2D eigenvalue weighted by Gasteiger charge is 2.54. The van der Waals surface area contributed by atoms with E-state index in [9.17, 15) is 18.4 Å². The molecule has 0 fully saturated rings. The molecule has 2 amide bonds. The Bertz CT molecular complexity index is 570. The summed E-state index contributed by atoms with van der Waals surface area (Å²) in [5.41, 5.74) is 7.48. The third-order valence-electron chi connectivity index (χ3n) is 2.94. The molecule has 8 heteroatoms. The number of nitrogens with zero attached hydrogens (tertiary/aromatic N) is 1. The second-order valence-corrected chi connectivity index (χ2v) is 4.00. The van der Waals surface area contributed by atoms with Crippen molar-refractivity contribution in [3.05, 3.63) is 35.4 Å². The van der Waals surface area contributed by atoms with E-state index in [-0.39, 0.29) is 0 Å².